The zero-order chi connectivity index (χ0) is 12.7. The molecule has 2 heteroatoms. The van der Waals surface area contributed by atoms with Gasteiger partial charge in [0.25, 0.3) is 0 Å². The summed E-state index contributed by atoms with van der Waals surface area (Å²) in [6.45, 7) is 6.62. The topological polar surface area (TPSA) is 15.3 Å². The molecule has 0 aliphatic carbocycles. The molecule has 0 aliphatic heterocycles. The molecule has 0 aromatic heterocycles. The van der Waals surface area contributed by atoms with Crippen LogP contribution in [0.3, 0.4) is 0 Å². The smallest absolute Gasteiger partial charge is 0.0233 e. The molecule has 96 valence electrons. The maximum atomic E-state index is 3.20. The van der Waals surface area contributed by atoms with Crippen molar-refractivity contribution in [2.75, 3.05) is 20.6 Å². The number of nitrogens with zero attached hydrogens (tertiary/aromatic N) is 1. The van der Waals surface area contributed by atoms with Gasteiger partial charge in [0.1, 0.15) is 0 Å². The van der Waals surface area contributed by atoms with Crippen molar-refractivity contribution in [3.8, 4) is 0 Å². The fourth-order valence-electron chi connectivity index (χ4n) is 2.05. The Morgan fingerprint density at radius 2 is 2.12 bits per heavy atom. The van der Waals surface area contributed by atoms with Gasteiger partial charge in [-0.3, -0.25) is 4.90 Å². The predicted molar refractivity (Wildman–Crippen MR) is 75.3 cm³/mol. The Kier molecular flexibility index (Phi) is 6.23. The van der Waals surface area contributed by atoms with E-state index in [4.69, 9.17) is 0 Å². The molecule has 0 radical (unpaired) electrons. The Hall–Kier alpha value is -0.860. The molecule has 1 rings (SSSR count). The second-order valence-corrected chi connectivity index (χ2v) is 5.00. The molecule has 1 unspecified atom stereocenters. The second kappa shape index (κ2) is 7.46. The molecule has 0 fully saturated rings. The first-order chi connectivity index (χ1) is 8.13. The summed E-state index contributed by atoms with van der Waals surface area (Å²) in [6, 6.07) is 9.42. The fourth-order valence-corrected chi connectivity index (χ4v) is 2.05. The molecule has 0 spiro atoms. The fraction of sp³-hybridized carbons (Fsp3) is 0.600. The van der Waals surface area contributed by atoms with Crippen molar-refractivity contribution in [2.45, 2.75) is 39.3 Å². The van der Waals surface area contributed by atoms with Gasteiger partial charge < -0.3 is 5.32 Å². The first kappa shape index (κ1) is 14.2. The van der Waals surface area contributed by atoms with Gasteiger partial charge >= 0.3 is 0 Å². The van der Waals surface area contributed by atoms with Crippen LogP contribution in [0.5, 0.6) is 0 Å². The summed E-state index contributed by atoms with van der Waals surface area (Å²) in [5, 5.41) is 3.20. The highest BCUT2D eigenvalue weighted by molar-refractivity contribution is 5.22. The van der Waals surface area contributed by atoms with E-state index < -0.39 is 0 Å². The Morgan fingerprint density at radius 3 is 2.76 bits per heavy atom. The number of aryl methyl sites for hydroxylation is 1. The second-order valence-electron chi connectivity index (χ2n) is 5.00. The number of hydrogen-bond acceptors (Lipinski definition) is 2. The van der Waals surface area contributed by atoms with Crippen molar-refractivity contribution in [1.29, 1.82) is 0 Å². The average molecular weight is 234 g/mol. The normalized spacial score (nSPS) is 13.0. The Balaban J connectivity index is 2.39. The van der Waals surface area contributed by atoms with E-state index in [1.165, 1.54) is 24.0 Å². The molecule has 0 saturated heterocycles. The highest BCUT2D eigenvalue weighted by atomic mass is 15.1. The molecule has 1 aromatic rings. The molecule has 0 aliphatic rings. The van der Waals surface area contributed by atoms with Gasteiger partial charge in [-0.25, -0.2) is 0 Å². The summed E-state index contributed by atoms with van der Waals surface area (Å²) in [4.78, 5) is 2.43. The molecule has 1 atom stereocenters. The van der Waals surface area contributed by atoms with Crippen LogP contribution in [0, 0.1) is 6.92 Å². The van der Waals surface area contributed by atoms with E-state index in [0.29, 0.717) is 6.04 Å². The standard InChI is InChI=1S/C15H26N2/c1-13-7-5-9-15(11-13)12-17(4)14(2)8-6-10-16-3/h5,7,9,11,14,16H,6,8,10,12H2,1-4H3. The molecular weight excluding hydrogens is 208 g/mol. The number of benzene rings is 1. The highest BCUT2D eigenvalue weighted by Gasteiger charge is 2.09. The minimum Gasteiger partial charge on any atom is -0.320 e. The van der Waals surface area contributed by atoms with E-state index in [9.17, 15) is 0 Å². The van der Waals surface area contributed by atoms with E-state index in [1.54, 1.807) is 0 Å². The van der Waals surface area contributed by atoms with Gasteiger partial charge in [0, 0.05) is 12.6 Å². The third-order valence-corrected chi connectivity index (χ3v) is 3.32. The van der Waals surface area contributed by atoms with Crippen molar-refractivity contribution in [2.24, 2.45) is 0 Å². The minimum absolute atomic E-state index is 0.642. The molecule has 0 saturated carbocycles. The molecular formula is C15H26N2. The zero-order valence-corrected chi connectivity index (χ0v) is 11.7. The summed E-state index contributed by atoms with van der Waals surface area (Å²) < 4.78 is 0. The van der Waals surface area contributed by atoms with Crippen molar-refractivity contribution in [3.05, 3.63) is 35.4 Å². The Labute approximate surface area is 106 Å². The summed E-state index contributed by atoms with van der Waals surface area (Å²) >= 11 is 0. The maximum absolute atomic E-state index is 3.20. The maximum Gasteiger partial charge on any atom is 0.0233 e. The lowest BCUT2D eigenvalue weighted by molar-refractivity contribution is 0.234. The Bertz CT molecular complexity index is 322. The summed E-state index contributed by atoms with van der Waals surface area (Å²) in [6.07, 6.45) is 2.50. The average Bonchev–Trinajstić information content (AvgIpc) is 2.29. The van der Waals surface area contributed by atoms with Crippen LogP contribution in [0.25, 0.3) is 0 Å². The predicted octanol–water partition coefficient (Wildman–Crippen LogP) is 2.81. The van der Waals surface area contributed by atoms with Gasteiger partial charge in [-0.1, -0.05) is 29.8 Å². The highest BCUT2D eigenvalue weighted by Crippen LogP contribution is 2.11. The number of hydrogen-bond donors (Lipinski definition) is 1. The van der Waals surface area contributed by atoms with E-state index in [-0.39, 0.29) is 0 Å². The Morgan fingerprint density at radius 1 is 1.35 bits per heavy atom. The van der Waals surface area contributed by atoms with Crippen molar-refractivity contribution in [3.63, 3.8) is 0 Å². The van der Waals surface area contributed by atoms with Crippen LogP contribution in [-0.2, 0) is 6.54 Å². The summed E-state index contributed by atoms with van der Waals surface area (Å²) in [5.41, 5.74) is 2.76. The van der Waals surface area contributed by atoms with Crippen molar-refractivity contribution in [1.82, 2.24) is 10.2 Å². The van der Waals surface area contributed by atoms with Crippen molar-refractivity contribution >= 4 is 0 Å². The molecule has 1 aromatic carbocycles. The van der Waals surface area contributed by atoms with Gasteiger partial charge in [0.05, 0.1) is 0 Å². The van der Waals surface area contributed by atoms with Crippen LogP contribution < -0.4 is 5.32 Å². The first-order valence-electron chi connectivity index (χ1n) is 6.54. The van der Waals surface area contributed by atoms with Crippen LogP contribution in [0.15, 0.2) is 24.3 Å². The molecule has 1 N–H and O–H groups in total. The lowest BCUT2D eigenvalue weighted by atomic mass is 10.1. The van der Waals surface area contributed by atoms with E-state index >= 15 is 0 Å². The third kappa shape index (κ3) is 5.33. The van der Waals surface area contributed by atoms with E-state index in [0.717, 1.165) is 13.1 Å². The van der Waals surface area contributed by atoms with Crippen LogP contribution in [-0.4, -0.2) is 31.6 Å². The molecule has 0 heterocycles. The van der Waals surface area contributed by atoms with Gasteiger partial charge in [-0.05, 0) is 52.9 Å². The van der Waals surface area contributed by atoms with Gasteiger partial charge in [0.2, 0.25) is 0 Å². The monoisotopic (exact) mass is 234 g/mol. The van der Waals surface area contributed by atoms with Crippen LogP contribution in [0.2, 0.25) is 0 Å². The largest absolute Gasteiger partial charge is 0.320 e. The zero-order valence-electron chi connectivity index (χ0n) is 11.7. The third-order valence-electron chi connectivity index (χ3n) is 3.32. The minimum atomic E-state index is 0.642. The first-order valence-corrected chi connectivity index (χ1v) is 6.54. The molecule has 2 nitrogen and oxygen atoms in total. The van der Waals surface area contributed by atoms with Gasteiger partial charge in [-0.15, -0.1) is 0 Å². The van der Waals surface area contributed by atoms with Crippen molar-refractivity contribution < 1.29 is 0 Å². The quantitative estimate of drug-likeness (QED) is 0.730. The van der Waals surface area contributed by atoms with E-state index in [2.05, 4.69) is 55.4 Å². The van der Waals surface area contributed by atoms with E-state index in [1.807, 2.05) is 7.05 Å². The van der Waals surface area contributed by atoms with Gasteiger partial charge in [0.15, 0.2) is 0 Å². The van der Waals surface area contributed by atoms with Gasteiger partial charge in [-0.2, -0.15) is 0 Å². The SMILES string of the molecule is CNCCCC(C)N(C)Cc1cccc(C)c1. The lowest BCUT2D eigenvalue weighted by Gasteiger charge is -2.25. The molecule has 0 bridgehead atoms. The molecule has 17 heavy (non-hydrogen) atoms. The number of nitrogens with one attached hydrogen (secondary N) is 1. The van der Waals surface area contributed by atoms with Crippen LogP contribution >= 0.6 is 0 Å². The van der Waals surface area contributed by atoms with Crippen LogP contribution in [0.4, 0.5) is 0 Å². The lowest BCUT2D eigenvalue weighted by Crippen LogP contribution is -2.29. The molecule has 0 amide bonds. The van der Waals surface area contributed by atoms with Crippen LogP contribution in [0.1, 0.15) is 30.9 Å². The summed E-state index contributed by atoms with van der Waals surface area (Å²) in [5.74, 6) is 0. The summed E-state index contributed by atoms with van der Waals surface area (Å²) in [7, 11) is 4.23. The number of rotatable bonds is 7.